The van der Waals surface area contributed by atoms with Crippen LogP contribution in [0.3, 0.4) is 0 Å². The molecular formula is C19H24N2O5S. The van der Waals surface area contributed by atoms with E-state index in [2.05, 4.69) is 10.0 Å². The molecule has 8 heteroatoms. The van der Waals surface area contributed by atoms with E-state index in [1.807, 2.05) is 37.3 Å². The number of methoxy groups -OCH3 is 1. The van der Waals surface area contributed by atoms with E-state index in [1.54, 1.807) is 0 Å². The van der Waals surface area contributed by atoms with Crippen LogP contribution in [0.2, 0.25) is 0 Å². The SMILES string of the molecule is COCCCNS(=O)(=O)c1cc(C(=O)O)ccc1N[C@@H](C)c1ccccc1. The molecule has 0 aliphatic heterocycles. The summed E-state index contributed by atoms with van der Waals surface area (Å²) in [5.74, 6) is -1.19. The zero-order valence-corrected chi connectivity index (χ0v) is 16.1. The molecule has 0 aliphatic carbocycles. The first kappa shape index (κ1) is 20.9. The van der Waals surface area contributed by atoms with Gasteiger partial charge >= 0.3 is 5.97 Å². The minimum absolute atomic E-state index is 0.0924. The summed E-state index contributed by atoms with van der Waals surface area (Å²) in [4.78, 5) is 11.2. The van der Waals surface area contributed by atoms with E-state index < -0.39 is 16.0 Å². The maximum Gasteiger partial charge on any atom is 0.335 e. The minimum Gasteiger partial charge on any atom is -0.478 e. The van der Waals surface area contributed by atoms with Crippen LogP contribution in [0.4, 0.5) is 5.69 Å². The lowest BCUT2D eigenvalue weighted by Gasteiger charge is -2.19. The average Bonchev–Trinajstić information content (AvgIpc) is 2.66. The number of nitrogens with one attached hydrogen (secondary N) is 2. The van der Waals surface area contributed by atoms with Gasteiger partial charge in [0.15, 0.2) is 0 Å². The zero-order chi connectivity index (χ0) is 19.9. The molecule has 1 atom stereocenters. The molecule has 0 spiro atoms. The van der Waals surface area contributed by atoms with Crippen LogP contribution < -0.4 is 10.0 Å². The lowest BCUT2D eigenvalue weighted by atomic mass is 10.1. The van der Waals surface area contributed by atoms with E-state index in [-0.39, 0.29) is 23.0 Å². The van der Waals surface area contributed by atoms with E-state index >= 15 is 0 Å². The quantitative estimate of drug-likeness (QED) is 0.537. The molecule has 0 aliphatic rings. The van der Waals surface area contributed by atoms with Gasteiger partial charge in [0.05, 0.1) is 11.3 Å². The molecule has 2 aromatic carbocycles. The van der Waals surface area contributed by atoms with Crippen molar-refractivity contribution < 1.29 is 23.1 Å². The predicted molar refractivity (Wildman–Crippen MR) is 104 cm³/mol. The predicted octanol–water partition coefficient (Wildman–Crippen LogP) is 2.87. The van der Waals surface area contributed by atoms with Crippen LogP contribution >= 0.6 is 0 Å². The van der Waals surface area contributed by atoms with Crippen LogP contribution in [0.1, 0.15) is 35.3 Å². The summed E-state index contributed by atoms with van der Waals surface area (Å²) >= 11 is 0. The van der Waals surface area contributed by atoms with Crippen molar-refractivity contribution in [1.82, 2.24) is 4.72 Å². The van der Waals surface area contributed by atoms with Gasteiger partial charge in [0.1, 0.15) is 4.90 Å². The number of hydrogen-bond acceptors (Lipinski definition) is 5. The van der Waals surface area contributed by atoms with Gasteiger partial charge in [-0.15, -0.1) is 0 Å². The number of anilines is 1. The third-order valence-electron chi connectivity index (χ3n) is 4.01. The molecule has 146 valence electrons. The summed E-state index contributed by atoms with van der Waals surface area (Å²) in [5, 5.41) is 12.4. The van der Waals surface area contributed by atoms with E-state index in [4.69, 9.17) is 4.74 Å². The second-order valence-corrected chi connectivity index (χ2v) is 7.77. The van der Waals surface area contributed by atoms with Crippen LogP contribution in [0.25, 0.3) is 0 Å². The lowest BCUT2D eigenvalue weighted by molar-refractivity contribution is 0.0696. The molecule has 0 amide bonds. The molecule has 7 nitrogen and oxygen atoms in total. The van der Waals surface area contributed by atoms with Crippen molar-refractivity contribution in [3.8, 4) is 0 Å². The molecule has 0 saturated carbocycles. The third-order valence-corrected chi connectivity index (χ3v) is 5.51. The van der Waals surface area contributed by atoms with Crippen molar-refractivity contribution in [3.05, 3.63) is 59.7 Å². The second kappa shape index (κ2) is 9.50. The summed E-state index contributed by atoms with van der Waals surface area (Å²) in [6.45, 7) is 2.53. The Morgan fingerprint density at radius 2 is 1.89 bits per heavy atom. The van der Waals surface area contributed by atoms with Crippen molar-refractivity contribution in [2.45, 2.75) is 24.3 Å². The van der Waals surface area contributed by atoms with E-state index in [9.17, 15) is 18.3 Å². The molecule has 0 unspecified atom stereocenters. The summed E-state index contributed by atoms with van der Waals surface area (Å²) < 4.78 is 32.9. The maximum atomic E-state index is 12.7. The fraction of sp³-hybridized carbons (Fsp3) is 0.316. The monoisotopic (exact) mass is 392 g/mol. The highest BCUT2D eigenvalue weighted by Crippen LogP contribution is 2.27. The Balaban J connectivity index is 2.32. The molecule has 2 rings (SSSR count). The number of carboxylic acids is 1. The summed E-state index contributed by atoms with van der Waals surface area (Å²) in [7, 11) is -2.35. The highest BCUT2D eigenvalue weighted by Gasteiger charge is 2.21. The van der Waals surface area contributed by atoms with Gasteiger partial charge in [-0.25, -0.2) is 17.9 Å². The maximum absolute atomic E-state index is 12.7. The van der Waals surface area contributed by atoms with Crippen molar-refractivity contribution in [1.29, 1.82) is 0 Å². The van der Waals surface area contributed by atoms with Gasteiger partial charge in [0.2, 0.25) is 10.0 Å². The van der Waals surface area contributed by atoms with Gasteiger partial charge in [-0.05, 0) is 37.1 Å². The van der Waals surface area contributed by atoms with Crippen LogP contribution in [0, 0.1) is 0 Å². The molecule has 3 N–H and O–H groups in total. The molecule has 0 heterocycles. The summed E-state index contributed by atoms with van der Waals surface area (Å²) in [6, 6.07) is 13.4. The fourth-order valence-corrected chi connectivity index (χ4v) is 3.82. The topological polar surface area (TPSA) is 105 Å². The first-order valence-electron chi connectivity index (χ1n) is 8.52. The van der Waals surface area contributed by atoms with Crippen LogP contribution in [-0.2, 0) is 14.8 Å². The first-order chi connectivity index (χ1) is 12.8. The van der Waals surface area contributed by atoms with E-state index in [0.717, 1.165) is 5.56 Å². The van der Waals surface area contributed by atoms with Crippen molar-refractivity contribution in [2.24, 2.45) is 0 Å². The second-order valence-electron chi connectivity index (χ2n) is 6.04. The van der Waals surface area contributed by atoms with Crippen molar-refractivity contribution in [2.75, 3.05) is 25.6 Å². The number of sulfonamides is 1. The highest BCUT2D eigenvalue weighted by molar-refractivity contribution is 7.89. The minimum atomic E-state index is -3.89. The van der Waals surface area contributed by atoms with E-state index in [0.29, 0.717) is 18.7 Å². The molecule has 0 fully saturated rings. The smallest absolute Gasteiger partial charge is 0.335 e. The van der Waals surface area contributed by atoms with Gasteiger partial charge in [-0.3, -0.25) is 0 Å². The van der Waals surface area contributed by atoms with Gasteiger partial charge < -0.3 is 15.2 Å². The lowest BCUT2D eigenvalue weighted by Crippen LogP contribution is -2.27. The van der Waals surface area contributed by atoms with Crippen molar-refractivity contribution >= 4 is 21.7 Å². The number of aromatic carboxylic acids is 1. The Hall–Kier alpha value is -2.42. The highest BCUT2D eigenvalue weighted by atomic mass is 32.2. The number of carboxylic acid groups (broad SMARTS) is 1. The first-order valence-corrected chi connectivity index (χ1v) is 10.0. The fourth-order valence-electron chi connectivity index (χ4n) is 2.56. The van der Waals surface area contributed by atoms with Gasteiger partial charge in [-0.1, -0.05) is 30.3 Å². The Labute approximate surface area is 159 Å². The molecule has 0 bridgehead atoms. The van der Waals surface area contributed by atoms with Crippen molar-refractivity contribution in [3.63, 3.8) is 0 Å². The summed E-state index contributed by atoms with van der Waals surface area (Å²) in [6.07, 6.45) is 0.511. The molecule has 2 aromatic rings. The summed E-state index contributed by atoms with van der Waals surface area (Å²) in [5.41, 5.74) is 1.23. The van der Waals surface area contributed by atoms with Crippen LogP contribution in [0.5, 0.6) is 0 Å². The molecule has 0 saturated heterocycles. The van der Waals surface area contributed by atoms with Gasteiger partial charge in [0, 0.05) is 26.3 Å². The number of benzene rings is 2. The Morgan fingerprint density at radius 3 is 2.52 bits per heavy atom. The average molecular weight is 392 g/mol. The Kier molecular flexibility index (Phi) is 7.35. The standard InChI is InChI=1S/C19H24N2O5S/c1-14(15-7-4-3-5-8-15)21-17-10-9-16(19(22)23)13-18(17)27(24,25)20-11-6-12-26-2/h3-5,7-10,13-14,20-21H,6,11-12H2,1-2H3,(H,22,23)/t14-/m0/s1. The number of ether oxygens (including phenoxy) is 1. The van der Waals surface area contributed by atoms with Crippen LogP contribution in [-0.4, -0.2) is 39.8 Å². The largest absolute Gasteiger partial charge is 0.478 e. The number of hydrogen-bond donors (Lipinski definition) is 3. The van der Waals surface area contributed by atoms with Crippen LogP contribution in [0.15, 0.2) is 53.4 Å². The Morgan fingerprint density at radius 1 is 1.19 bits per heavy atom. The molecule has 27 heavy (non-hydrogen) atoms. The molecular weight excluding hydrogens is 368 g/mol. The number of carbonyl (C=O) groups is 1. The number of rotatable bonds is 10. The Bertz CT molecular complexity index is 869. The third kappa shape index (κ3) is 5.78. The zero-order valence-electron chi connectivity index (χ0n) is 15.3. The van der Waals surface area contributed by atoms with Gasteiger partial charge in [-0.2, -0.15) is 0 Å². The normalized spacial score (nSPS) is 12.5. The molecule has 0 radical (unpaired) electrons. The molecule has 0 aromatic heterocycles. The van der Waals surface area contributed by atoms with Gasteiger partial charge in [0.25, 0.3) is 0 Å². The van der Waals surface area contributed by atoms with E-state index in [1.165, 1.54) is 25.3 Å².